The first-order valence-corrected chi connectivity index (χ1v) is 17.1. The molecule has 46 heavy (non-hydrogen) atoms. The molecule has 0 radical (unpaired) electrons. The highest BCUT2D eigenvalue weighted by atomic mass is 32.1. The number of hydrogen-bond donors (Lipinski definition) is 3. The molecule has 0 aliphatic rings. The second kappa shape index (κ2) is 18.0. The van der Waals surface area contributed by atoms with Crippen LogP contribution in [-0.4, -0.2) is 58.1 Å². The van der Waals surface area contributed by atoms with E-state index < -0.39 is 12.1 Å². The summed E-state index contributed by atoms with van der Waals surface area (Å²) in [6.07, 6.45) is 5.32. The first-order chi connectivity index (χ1) is 22.3. The van der Waals surface area contributed by atoms with Gasteiger partial charge in [-0.25, -0.2) is 9.59 Å². The summed E-state index contributed by atoms with van der Waals surface area (Å²) in [5.41, 5.74) is 5.60. The van der Waals surface area contributed by atoms with E-state index in [-0.39, 0.29) is 36.5 Å². The monoisotopic (exact) mass is 662 g/mol. The second-order valence-electron chi connectivity index (χ2n) is 11.5. The van der Waals surface area contributed by atoms with Gasteiger partial charge in [-0.15, -0.1) is 22.7 Å². The minimum Gasteiger partial charge on any atom is -0.444 e. The summed E-state index contributed by atoms with van der Waals surface area (Å²) in [6, 6.07) is 18.4. The van der Waals surface area contributed by atoms with Gasteiger partial charge in [0.05, 0.1) is 22.4 Å². The van der Waals surface area contributed by atoms with Gasteiger partial charge in [0.2, 0.25) is 5.91 Å². The Morgan fingerprint density at radius 3 is 1.85 bits per heavy atom. The molecule has 2 aromatic heterocycles. The van der Waals surface area contributed by atoms with Crippen molar-refractivity contribution in [1.82, 2.24) is 30.8 Å². The number of carbonyl (C=O) groups excluding carboxylic acids is 3. The minimum absolute atomic E-state index is 0.140. The summed E-state index contributed by atoms with van der Waals surface area (Å²) in [5.74, 6) is -0.383. The summed E-state index contributed by atoms with van der Waals surface area (Å²) in [6.45, 7) is 4.39. The molecule has 2 aromatic carbocycles. The zero-order chi connectivity index (χ0) is 32.7. The van der Waals surface area contributed by atoms with E-state index >= 15 is 0 Å². The van der Waals surface area contributed by atoms with Gasteiger partial charge in [-0.05, 0) is 42.7 Å². The van der Waals surface area contributed by atoms with Crippen LogP contribution < -0.4 is 16.0 Å². The third-order valence-electron chi connectivity index (χ3n) is 7.46. The molecule has 0 fully saturated rings. The van der Waals surface area contributed by atoms with Crippen molar-refractivity contribution < 1.29 is 19.1 Å². The summed E-state index contributed by atoms with van der Waals surface area (Å²) < 4.78 is 5.47. The molecule has 244 valence electrons. The van der Waals surface area contributed by atoms with Crippen LogP contribution in [0.3, 0.4) is 0 Å². The van der Waals surface area contributed by atoms with Crippen molar-refractivity contribution in [2.45, 2.75) is 70.8 Å². The SMILES string of the molecule is CC(C)[C@H](NC(=O)N(C)Cc1cncs1)C(=O)N[C@H](CC[C@H](Cc1ccccc1)NC(=O)OCc1cncs1)Cc1ccccc1. The normalized spacial score (nSPS) is 13.0. The molecule has 12 heteroatoms. The molecule has 0 spiro atoms. The van der Waals surface area contributed by atoms with Crippen LogP contribution in [0.2, 0.25) is 0 Å². The van der Waals surface area contributed by atoms with E-state index in [1.54, 1.807) is 35.4 Å². The number of carbonyl (C=O) groups is 3. The third kappa shape index (κ3) is 11.6. The number of nitrogens with zero attached hydrogens (tertiary/aromatic N) is 3. The smallest absolute Gasteiger partial charge is 0.407 e. The predicted octanol–water partition coefficient (Wildman–Crippen LogP) is 5.81. The van der Waals surface area contributed by atoms with Crippen LogP contribution >= 0.6 is 22.7 Å². The Bertz CT molecular complexity index is 1470. The first-order valence-electron chi connectivity index (χ1n) is 15.3. The molecular formula is C34H42N6O4S2. The lowest BCUT2D eigenvalue weighted by Gasteiger charge is -2.28. The van der Waals surface area contributed by atoms with Gasteiger partial charge in [0.15, 0.2) is 0 Å². The van der Waals surface area contributed by atoms with Gasteiger partial charge in [0.1, 0.15) is 12.6 Å². The second-order valence-corrected chi connectivity index (χ2v) is 13.5. The van der Waals surface area contributed by atoms with Crippen molar-refractivity contribution in [3.05, 3.63) is 105 Å². The quantitative estimate of drug-likeness (QED) is 0.139. The van der Waals surface area contributed by atoms with Crippen molar-refractivity contribution in [3.8, 4) is 0 Å². The van der Waals surface area contributed by atoms with Crippen LogP contribution in [0.4, 0.5) is 9.59 Å². The number of benzene rings is 2. The minimum atomic E-state index is -0.727. The summed E-state index contributed by atoms with van der Waals surface area (Å²) in [4.78, 5) is 51.1. The van der Waals surface area contributed by atoms with Crippen molar-refractivity contribution in [2.24, 2.45) is 5.92 Å². The first kappa shape index (κ1) is 34.6. The molecule has 0 saturated carbocycles. The zero-order valence-corrected chi connectivity index (χ0v) is 28.1. The maximum atomic E-state index is 13.7. The standard InChI is InChI=1S/C34H42N6O4S2/c1-24(2)31(39-33(42)40(3)20-29-18-35-22-45-29)32(41)37-27(16-25-10-6-4-7-11-25)14-15-28(17-26-12-8-5-9-13-26)38-34(43)44-21-30-19-36-23-46-30/h4-13,18-19,22-24,27-28,31H,14-17,20-21H2,1-3H3,(H,37,41)(H,38,43)(H,39,42)/t27-,28-,31+/m1/s1. The van der Waals surface area contributed by atoms with E-state index in [0.29, 0.717) is 32.2 Å². The van der Waals surface area contributed by atoms with E-state index in [9.17, 15) is 14.4 Å². The van der Waals surface area contributed by atoms with Gasteiger partial charge in [0.25, 0.3) is 0 Å². The van der Waals surface area contributed by atoms with Gasteiger partial charge in [-0.1, -0.05) is 74.5 Å². The molecule has 4 aromatic rings. The Morgan fingerprint density at radius 2 is 1.33 bits per heavy atom. The highest BCUT2D eigenvalue weighted by Gasteiger charge is 2.28. The van der Waals surface area contributed by atoms with E-state index in [2.05, 4.69) is 25.9 Å². The number of amides is 4. The van der Waals surface area contributed by atoms with Crippen molar-refractivity contribution in [2.75, 3.05) is 7.05 Å². The fourth-order valence-corrected chi connectivity index (χ4v) is 6.16. The lowest BCUT2D eigenvalue weighted by Crippen LogP contribution is -2.54. The Balaban J connectivity index is 1.43. The van der Waals surface area contributed by atoms with Crippen molar-refractivity contribution >= 4 is 40.7 Å². The fraction of sp³-hybridized carbons (Fsp3) is 0.382. The average molecular weight is 663 g/mol. The Labute approximate surface area is 278 Å². The largest absolute Gasteiger partial charge is 0.444 e. The number of rotatable bonds is 16. The maximum Gasteiger partial charge on any atom is 0.407 e. The van der Waals surface area contributed by atoms with E-state index in [1.807, 2.05) is 74.5 Å². The third-order valence-corrected chi connectivity index (χ3v) is 8.98. The van der Waals surface area contributed by atoms with Crippen LogP contribution in [0.15, 0.2) is 84.1 Å². The zero-order valence-electron chi connectivity index (χ0n) is 26.4. The molecule has 0 aliphatic carbocycles. The Morgan fingerprint density at radius 1 is 0.783 bits per heavy atom. The van der Waals surface area contributed by atoms with Crippen LogP contribution in [-0.2, 0) is 35.5 Å². The molecule has 4 amide bonds. The molecule has 2 heterocycles. The maximum absolute atomic E-state index is 13.7. The average Bonchev–Trinajstić information content (AvgIpc) is 3.77. The topological polar surface area (TPSA) is 126 Å². The number of thiazole rings is 2. The molecule has 10 nitrogen and oxygen atoms in total. The van der Waals surface area contributed by atoms with Crippen molar-refractivity contribution in [3.63, 3.8) is 0 Å². The molecule has 3 atom stereocenters. The molecule has 0 aliphatic heterocycles. The van der Waals surface area contributed by atoms with E-state index in [4.69, 9.17) is 4.74 Å². The lowest BCUT2D eigenvalue weighted by molar-refractivity contribution is -0.124. The molecule has 0 bridgehead atoms. The number of aromatic nitrogens is 2. The van der Waals surface area contributed by atoms with Crippen LogP contribution in [0.1, 0.15) is 47.6 Å². The van der Waals surface area contributed by atoms with Crippen LogP contribution in [0, 0.1) is 5.92 Å². The van der Waals surface area contributed by atoms with Gasteiger partial charge in [0, 0.05) is 36.4 Å². The predicted molar refractivity (Wildman–Crippen MR) is 181 cm³/mol. The van der Waals surface area contributed by atoms with Gasteiger partial charge in [-0.3, -0.25) is 14.8 Å². The Kier molecular flexibility index (Phi) is 13.5. The molecular weight excluding hydrogens is 621 g/mol. The lowest BCUT2D eigenvalue weighted by atomic mass is 9.95. The summed E-state index contributed by atoms with van der Waals surface area (Å²) >= 11 is 2.90. The van der Waals surface area contributed by atoms with Gasteiger partial charge >= 0.3 is 12.1 Å². The van der Waals surface area contributed by atoms with E-state index in [1.165, 1.54) is 22.7 Å². The van der Waals surface area contributed by atoms with E-state index in [0.717, 1.165) is 20.9 Å². The van der Waals surface area contributed by atoms with Crippen molar-refractivity contribution in [1.29, 1.82) is 0 Å². The molecule has 4 rings (SSSR count). The summed E-state index contributed by atoms with van der Waals surface area (Å²) in [7, 11) is 1.70. The van der Waals surface area contributed by atoms with Gasteiger partial charge < -0.3 is 25.6 Å². The molecule has 0 unspecified atom stereocenters. The highest BCUT2D eigenvalue weighted by Crippen LogP contribution is 2.16. The van der Waals surface area contributed by atoms with Gasteiger partial charge in [-0.2, -0.15) is 0 Å². The number of hydrogen-bond acceptors (Lipinski definition) is 8. The number of ether oxygens (including phenoxy) is 1. The summed E-state index contributed by atoms with van der Waals surface area (Å²) in [5, 5.41) is 9.19. The Hall–Kier alpha value is -4.29. The van der Waals surface area contributed by atoms with Crippen LogP contribution in [0.5, 0.6) is 0 Å². The molecule has 0 saturated heterocycles. The fourth-order valence-electron chi connectivity index (χ4n) is 5.00. The number of alkyl carbamates (subject to hydrolysis) is 1. The van der Waals surface area contributed by atoms with Crippen LogP contribution in [0.25, 0.3) is 0 Å². The number of nitrogens with one attached hydrogen (secondary N) is 3. The number of urea groups is 1. The highest BCUT2D eigenvalue weighted by molar-refractivity contribution is 7.09. The molecule has 3 N–H and O–H groups in total.